The van der Waals surface area contributed by atoms with Crippen molar-refractivity contribution < 1.29 is 47.2 Å². The SMILES string of the molecule is CCCCC/C=C\C/C=C\C/C=C\C=C\[C@H](O)CCCC(=O)O[C@H](COC(=O)CCCCCCC/C=C\C/C=C\CCCCC)COP(=O)([O-])OCC[N+](C)(C)C. The molecule has 0 aliphatic rings. The van der Waals surface area contributed by atoms with Crippen LogP contribution in [0.2, 0.25) is 0 Å². The van der Waals surface area contributed by atoms with Gasteiger partial charge in [0.2, 0.25) is 0 Å². The van der Waals surface area contributed by atoms with Gasteiger partial charge in [-0.15, -0.1) is 0 Å². The number of ether oxygens (including phenoxy) is 2. The van der Waals surface area contributed by atoms with Crippen LogP contribution in [-0.4, -0.2) is 81.2 Å². The fourth-order valence-corrected chi connectivity index (χ4v) is 6.04. The molecule has 0 spiro atoms. The zero-order valence-corrected chi connectivity index (χ0v) is 37.3. The molecule has 0 aromatic heterocycles. The first-order valence-corrected chi connectivity index (χ1v) is 23.2. The van der Waals surface area contributed by atoms with Crippen LogP contribution in [0.15, 0.2) is 72.9 Å². The number of hydrogen-bond acceptors (Lipinski definition) is 9. The number of allylic oxidation sites excluding steroid dienone is 11. The Morgan fingerprint density at radius 3 is 1.77 bits per heavy atom. The van der Waals surface area contributed by atoms with Gasteiger partial charge in [0.1, 0.15) is 19.8 Å². The lowest BCUT2D eigenvalue weighted by atomic mass is 10.1. The maximum atomic E-state index is 12.7. The van der Waals surface area contributed by atoms with Crippen LogP contribution in [-0.2, 0) is 32.7 Å². The van der Waals surface area contributed by atoms with E-state index in [9.17, 15) is 24.2 Å². The highest BCUT2D eigenvalue weighted by atomic mass is 31.2. The number of likely N-dealkylation sites (N-methyl/N-ethyl adjacent to an activating group) is 1. The third-order valence-electron chi connectivity index (χ3n) is 8.80. The lowest BCUT2D eigenvalue weighted by Crippen LogP contribution is -2.37. The molecule has 0 fully saturated rings. The van der Waals surface area contributed by atoms with Gasteiger partial charge in [0.25, 0.3) is 7.82 Å². The van der Waals surface area contributed by atoms with Crippen LogP contribution in [0.25, 0.3) is 0 Å². The van der Waals surface area contributed by atoms with Crippen molar-refractivity contribution in [3.8, 4) is 0 Å². The van der Waals surface area contributed by atoms with E-state index in [1.807, 2.05) is 33.3 Å². The normalized spacial score (nSPS) is 14.9. The third kappa shape index (κ3) is 41.4. The molecule has 0 aromatic carbocycles. The zero-order chi connectivity index (χ0) is 42.3. The summed E-state index contributed by atoms with van der Waals surface area (Å²) in [5.74, 6) is -1.06. The second-order valence-electron chi connectivity index (χ2n) is 15.5. The van der Waals surface area contributed by atoms with Crippen LogP contribution >= 0.6 is 7.82 Å². The van der Waals surface area contributed by atoms with E-state index in [0.29, 0.717) is 30.3 Å². The number of aliphatic hydroxyl groups excluding tert-OH is 1. The van der Waals surface area contributed by atoms with Crippen molar-refractivity contribution in [1.29, 1.82) is 0 Å². The largest absolute Gasteiger partial charge is 0.756 e. The highest BCUT2D eigenvalue weighted by Gasteiger charge is 2.22. The summed E-state index contributed by atoms with van der Waals surface area (Å²) in [6.45, 7) is 3.90. The predicted octanol–water partition coefficient (Wildman–Crippen LogP) is 10.6. The number of nitrogens with zero attached hydrogens (tertiary/aromatic N) is 1. The Morgan fingerprint density at radius 1 is 0.649 bits per heavy atom. The van der Waals surface area contributed by atoms with Crippen molar-refractivity contribution in [3.63, 3.8) is 0 Å². The number of esters is 2. The van der Waals surface area contributed by atoms with Gasteiger partial charge in [-0.1, -0.05) is 132 Å². The van der Waals surface area contributed by atoms with Gasteiger partial charge < -0.3 is 33.0 Å². The molecule has 11 heteroatoms. The highest BCUT2D eigenvalue weighted by molar-refractivity contribution is 7.45. The van der Waals surface area contributed by atoms with Gasteiger partial charge in [-0.05, 0) is 77.0 Å². The summed E-state index contributed by atoms with van der Waals surface area (Å²) in [4.78, 5) is 37.5. The summed E-state index contributed by atoms with van der Waals surface area (Å²) >= 11 is 0. The second-order valence-corrected chi connectivity index (χ2v) is 17.0. The molecule has 1 unspecified atom stereocenters. The van der Waals surface area contributed by atoms with E-state index < -0.39 is 38.6 Å². The van der Waals surface area contributed by atoms with E-state index in [2.05, 4.69) is 62.5 Å². The fourth-order valence-electron chi connectivity index (χ4n) is 5.32. The maximum Gasteiger partial charge on any atom is 0.306 e. The van der Waals surface area contributed by atoms with Crippen molar-refractivity contribution in [3.05, 3.63) is 72.9 Å². The van der Waals surface area contributed by atoms with Crippen LogP contribution in [0.4, 0.5) is 0 Å². The Balaban J connectivity index is 4.62. The minimum Gasteiger partial charge on any atom is -0.756 e. The molecule has 1 N–H and O–H groups in total. The molecule has 0 bridgehead atoms. The number of phosphoric ester groups is 1. The van der Waals surface area contributed by atoms with Crippen molar-refractivity contribution >= 4 is 19.8 Å². The molecule has 0 saturated heterocycles. The van der Waals surface area contributed by atoms with Gasteiger partial charge in [-0.2, -0.15) is 0 Å². The molecule has 0 aromatic rings. The van der Waals surface area contributed by atoms with Crippen LogP contribution in [0, 0.1) is 0 Å². The van der Waals surface area contributed by atoms with Crippen LogP contribution in [0.3, 0.4) is 0 Å². The highest BCUT2D eigenvalue weighted by Crippen LogP contribution is 2.38. The van der Waals surface area contributed by atoms with Crippen LogP contribution in [0.1, 0.15) is 149 Å². The molecule has 0 aliphatic heterocycles. The smallest absolute Gasteiger partial charge is 0.306 e. The molecule has 328 valence electrons. The molecule has 0 radical (unpaired) electrons. The topological polar surface area (TPSA) is 131 Å². The number of phosphoric acid groups is 1. The minimum absolute atomic E-state index is 0.00989. The van der Waals surface area contributed by atoms with E-state index >= 15 is 0 Å². The van der Waals surface area contributed by atoms with Crippen molar-refractivity contribution in [2.45, 2.75) is 161 Å². The molecule has 0 amide bonds. The quantitative estimate of drug-likeness (QED) is 0.0161. The predicted molar refractivity (Wildman–Crippen MR) is 232 cm³/mol. The van der Waals surface area contributed by atoms with E-state index in [1.54, 1.807) is 12.2 Å². The zero-order valence-electron chi connectivity index (χ0n) is 36.4. The number of unbranched alkanes of at least 4 members (excludes halogenated alkanes) is 11. The summed E-state index contributed by atoms with van der Waals surface area (Å²) in [7, 11) is 1.03. The van der Waals surface area contributed by atoms with E-state index in [-0.39, 0.29) is 26.1 Å². The Labute approximate surface area is 347 Å². The number of aliphatic hydroxyl groups is 1. The third-order valence-corrected chi connectivity index (χ3v) is 9.77. The molecular formula is C46H80NO9P. The first-order chi connectivity index (χ1) is 27.4. The fraction of sp³-hybridized carbons (Fsp3) is 0.696. The number of quaternary nitrogens is 1. The summed E-state index contributed by atoms with van der Waals surface area (Å²) in [6.07, 6.45) is 42.4. The van der Waals surface area contributed by atoms with E-state index in [0.717, 1.165) is 64.2 Å². The van der Waals surface area contributed by atoms with Crippen LogP contribution in [0.5, 0.6) is 0 Å². The van der Waals surface area contributed by atoms with Gasteiger partial charge in [0.05, 0.1) is 33.9 Å². The van der Waals surface area contributed by atoms with Gasteiger partial charge in [-0.3, -0.25) is 14.2 Å². The van der Waals surface area contributed by atoms with Crippen molar-refractivity contribution in [2.24, 2.45) is 0 Å². The lowest BCUT2D eigenvalue weighted by Gasteiger charge is -2.28. The Bertz CT molecular complexity index is 1220. The van der Waals surface area contributed by atoms with Gasteiger partial charge in [0, 0.05) is 12.8 Å². The first-order valence-electron chi connectivity index (χ1n) is 21.8. The Kier molecular flexibility index (Phi) is 36.0. The maximum absolute atomic E-state index is 12.7. The average Bonchev–Trinajstić information content (AvgIpc) is 3.15. The summed E-state index contributed by atoms with van der Waals surface area (Å²) in [6, 6.07) is 0. The second kappa shape index (κ2) is 37.7. The first kappa shape index (κ1) is 54.4. The standard InChI is InChI=1S/C46H80NO9P/c1-6-8-10-12-14-16-18-20-21-23-25-27-29-31-33-37-45(49)53-41-44(42-55-57(51,52)54-40-39-47(3,4)5)56-46(50)38-34-36-43(48)35-32-30-28-26-24-22-19-17-15-13-11-9-7-2/h14-17,20-22,24,28,30,32,35,43-44,48H,6-13,18-19,23,25-27,29,31,33-34,36-42H2,1-5H3/b16-14-,17-15-,21-20-,24-22-,30-28-,35-32+/t43-,44+/m0/s1. The molecule has 3 atom stereocenters. The monoisotopic (exact) mass is 822 g/mol. The van der Waals surface area contributed by atoms with Crippen molar-refractivity contribution in [2.75, 3.05) is 47.5 Å². The van der Waals surface area contributed by atoms with Gasteiger partial charge >= 0.3 is 11.9 Å². The van der Waals surface area contributed by atoms with Crippen molar-refractivity contribution in [1.82, 2.24) is 0 Å². The number of hydrogen-bond donors (Lipinski definition) is 1. The molecule has 0 aliphatic carbocycles. The molecule has 0 heterocycles. The molecular weight excluding hydrogens is 741 g/mol. The van der Waals surface area contributed by atoms with E-state index in [4.69, 9.17) is 18.5 Å². The van der Waals surface area contributed by atoms with E-state index in [1.165, 1.54) is 38.5 Å². The summed E-state index contributed by atoms with van der Waals surface area (Å²) < 4.78 is 33.7. The molecule has 0 rings (SSSR count). The minimum atomic E-state index is -4.68. The lowest BCUT2D eigenvalue weighted by molar-refractivity contribution is -0.870. The molecule has 0 saturated carbocycles. The Hall–Kier alpha value is -2.59. The molecule has 10 nitrogen and oxygen atoms in total. The number of carbonyl (C=O) groups excluding carboxylic acids is 2. The summed E-state index contributed by atoms with van der Waals surface area (Å²) in [5, 5.41) is 10.3. The average molecular weight is 822 g/mol. The Morgan fingerprint density at radius 2 is 1.18 bits per heavy atom. The number of rotatable bonds is 38. The molecule has 57 heavy (non-hydrogen) atoms. The van der Waals surface area contributed by atoms with Crippen LogP contribution < -0.4 is 4.89 Å². The van der Waals surface area contributed by atoms with Gasteiger partial charge in [0.15, 0.2) is 6.10 Å². The summed E-state index contributed by atoms with van der Waals surface area (Å²) in [5.41, 5.74) is 0. The van der Waals surface area contributed by atoms with Gasteiger partial charge in [-0.25, -0.2) is 0 Å². The number of carbonyl (C=O) groups is 2.